The van der Waals surface area contributed by atoms with Crippen LogP contribution in [-0.4, -0.2) is 34.1 Å². The van der Waals surface area contributed by atoms with E-state index in [4.69, 9.17) is 10.2 Å². The lowest BCUT2D eigenvalue weighted by atomic mass is 10.2. The Morgan fingerprint density at radius 2 is 1.85 bits per heavy atom. The van der Waals surface area contributed by atoms with Gasteiger partial charge < -0.3 is 15.5 Å². The fourth-order valence-corrected chi connectivity index (χ4v) is 0.671. The van der Waals surface area contributed by atoms with Crippen molar-refractivity contribution in [2.75, 3.05) is 0 Å². The Balaban J connectivity index is 4.18. The smallest absolute Gasteiger partial charge is 0.326 e. The van der Waals surface area contributed by atoms with Gasteiger partial charge in [-0.05, 0) is 0 Å². The summed E-state index contributed by atoms with van der Waals surface area (Å²) in [6.07, 6.45) is -0.482. The highest BCUT2D eigenvalue weighted by molar-refractivity contribution is 5.86. The second kappa shape index (κ2) is 5.13. The molecule has 0 rings (SSSR count). The number of carbonyl (C=O) groups excluding carboxylic acids is 1. The lowest BCUT2D eigenvalue weighted by Gasteiger charge is -2.10. The van der Waals surface area contributed by atoms with E-state index in [1.807, 2.05) is 0 Å². The molecule has 0 bridgehead atoms. The van der Waals surface area contributed by atoms with E-state index >= 15 is 0 Å². The van der Waals surface area contributed by atoms with Crippen molar-refractivity contribution in [1.29, 1.82) is 0 Å². The summed E-state index contributed by atoms with van der Waals surface area (Å²) in [5, 5.41) is 18.9. The fraction of sp³-hybridized carbons (Fsp3) is 0.571. The number of amides is 1. The minimum absolute atomic E-state index is 0.128. The van der Waals surface area contributed by atoms with E-state index < -0.39 is 30.3 Å². The maximum Gasteiger partial charge on any atom is 0.326 e. The Bertz CT molecular complexity index is 225. The molecular formula is C7H11NO5. The predicted molar refractivity (Wildman–Crippen MR) is 42.1 cm³/mol. The molecule has 74 valence electrons. The highest BCUT2D eigenvalue weighted by Crippen LogP contribution is 1.93. The molecule has 0 spiro atoms. The van der Waals surface area contributed by atoms with Gasteiger partial charge in [0.1, 0.15) is 6.04 Å². The maximum absolute atomic E-state index is 10.7. The van der Waals surface area contributed by atoms with Gasteiger partial charge in [0.2, 0.25) is 5.91 Å². The SMILES string of the molecule is CCC(=O)N[C@H](CC(=O)O)C(=O)O. The molecule has 0 aliphatic heterocycles. The summed E-state index contributed by atoms with van der Waals surface area (Å²) in [4.78, 5) is 31.3. The first-order chi connectivity index (χ1) is 5.97. The largest absolute Gasteiger partial charge is 0.481 e. The molecule has 6 heteroatoms. The van der Waals surface area contributed by atoms with Crippen LogP contribution in [0.4, 0.5) is 0 Å². The zero-order chi connectivity index (χ0) is 10.4. The number of carboxylic acids is 2. The van der Waals surface area contributed by atoms with Crippen molar-refractivity contribution >= 4 is 17.8 Å². The summed E-state index contributed by atoms with van der Waals surface area (Å²) >= 11 is 0. The second-order valence-electron chi connectivity index (χ2n) is 2.41. The minimum atomic E-state index is -1.34. The van der Waals surface area contributed by atoms with E-state index in [1.54, 1.807) is 6.92 Å². The van der Waals surface area contributed by atoms with Crippen LogP contribution in [0.15, 0.2) is 0 Å². The third kappa shape index (κ3) is 4.78. The maximum atomic E-state index is 10.7. The van der Waals surface area contributed by atoms with E-state index in [-0.39, 0.29) is 6.42 Å². The van der Waals surface area contributed by atoms with E-state index in [0.717, 1.165) is 0 Å². The van der Waals surface area contributed by atoms with Crippen LogP contribution in [0, 0.1) is 0 Å². The summed E-state index contributed by atoms with van der Waals surface area (Å²) in [5.41, 5.74) is 0. The average Bonchev–Trinajstić information content (AvgIpc) is 2.02. The molecular weight excluding hydrogens is 178 g/mol. The molecule has 1 atom stereocenters. The third-order valence-electron chi connectivity index (χ3n) is 1.33. The van der Waals surface area contributed by atoms with E-state index in [2.05, 4.69) is 5.32 Å². The molecule has 3 N–H and O–H groups in total. The highest BCUT2D eigenvalue weighted by atomic mass is 16.4. The Morgan fingerprint density at radius 1 is 1.31 bits per heavy atom. The fourth-order valence-electron chi connectivity index (χ4n) is 0.671. The standard InChI is InChI=1S/C7H11NO5/c1-2-5(9)8-4(7(12)13)3-6(10)11/h4H,2-3H2,1H3,(H,8,9)(H,10,11)(H,12,13)/t4-/m1/s1. The van der Waals surface area contributed by atoms with Gasteiger partial charge in [-0.2, -0.15) is 0 Å². The Labute approximate surface area is 74.6 Å². The van der Waals surface area contributed by atoms with Crippen molar-refractivity contribution in [2.45, 2.75) is 25.8 Å². The van der Waals surface area contributed by atoms with Crippen LogP contribution >= 0.6 is 0 Å². The van der Waals surface area contributed by atoms with Gasteiger partial charge in [0.05, 0.1) is 6.42 Å². The quantitative estimate of drug-likeness (QED) is 0.537. The van der Waals surface area contributed by atoms with Gasteiger partial charge in [-0.3, -0.25) is 9.59 Å². The average molecular weight is 189 g/mol. The normalized spacial score (nSPS) is 11.8. The Hall–Kier alpha value is -1.59. The molecule has 0 unspecified atom stereocenters. The summed E-state index contributed by atoms with van der Waals surface area (Å²) < 4.78 is 0. The lowest BCUT2D eigenvalue weighted by Crippen LogP contribution is -2.41. The molecule has 0 aliphatic carbocycles. The first kappa shape index (κ1) is 11.4. The zero-order valence-electron chi connectivity index (χ0n) is 7.11. The molecule has 0 heterocycles. The van der Waals surface area contributed by atoms with E-state index in [9.17, 15) is 14.4 Å². The summed E-state index contributed by atoms with van der Waals surface area (Å²) in [5.74, 6) is -3.08. The molecule has 0 fully saturated rings. The van der Waals surface area contributed by atoms with E-state index in [1.165, 1.54) is 0 Å². The van der Waals surface area contributed by atoms with Crippen molar-refractivity contribution in [3.8, 4) is 0 Å². The number of carboxylic acid groups (broad SMARTS) is 2. The third-order valence-corrected chi connectivity index (χ3v) is 1.33. The van der Waals surface area contributed by atoms with Crippen LogP contribution < -0.4 is 5.32 Å². The molecule has 0 aromatic rings. The van der Waals surface area contributed by atoms with Crippen molar-refractivity contribution in [2.24, 2.45) is 0 Å². The van der Waals surface area contributed by atoms with Gasteiger partial charge in [-0.25, -0.2) is 4.79 Å². The summed E-state index contributed by atoms with van der Waals surface area (Å²) in [6, 6.07) is -1.34. The molecule has 0 aromatic heterocycles. The zero-order valence-corrected chi connectivity index (χ0v) is 7.11. The minimum Gasteiger partial charge on any atom is -0.481 e. The summed E-state index contributed by atoms with van der Waals surface area (Å²) in [6.45, 7) is 1.55. The molecule has 13 heavy (non-hydrogen) atoms. The van der Waals surface area contributed by atoms with Gasteiger partial charge in [0, 0.05) is 6.42 Å². The number of rotatable bonds is 5. The number of nitrogens with one attached hydrogen (secondary N) is 1. The van der Waals surface area contributed by atoms with Crippen LogP contribution in [0.5, 0.6) is 0 Å². The van der Waals surface area contributed by atoms with Gasteiger partial charge in [0.15, 0.2) is 0 Å². The van der Waals surface area contributed by atoms with Gasteiger partial charge >= 0.3 is 11.9 Å². The first-order valence-corrected chi connectivity index (χ1v) is 3.71. The van der Waals surface area contributed by atoms with Crippen LogP contribution in [0.25, 0.3) is 0 Å². The van der Waals surface area contributed by atoms with E-state index in [0.29, 0.717) is 0 Å². The number of carbonyl (C=O) groups is 3. The predicted octanol–water partition coefficient (Wildman–Crippen LogP) is -0.559. The van der Waals surface area contributed by atoms with Gasteiger partial charge in [-0.1, -0.05) is 6.92 Å². The van der Waals surface area contributed by atoms with Crippen LogP contribution in [0.1, 0.15) is 19.8 Å². The van der Waals surface area contributed by atoms with Crippen molar-refractivity contribution in [3.63, 3.8) is 0 Å². The highest BCUT2D eigenvalue weighted by Gasteiger charge is 2.21. The first-order valence-electron chi connectivity index (χ1n) is 3.71. The number of hydrogen-bond donors (Lipinski definition) is 3. The van der Waals surface area contributed by atoms with Gasteiger partial charge in [0.25, 0.3) is 0 Å². The summed E-state index contributed by atoms with van der Waals surface area (Å²) in [7, 11) is 0. The lowest BCUT2D eigenvalue weighted by molar-refractivity contribution is -0.147. The molecule has 0 saturated carbocycles. The van der Waals surface area contributed by atoms with Crippen molar-refractivity contribution < 1.29 is 24.6 Å². The molecule has 0 saturated heterocycles. The molecule has 1 amide bonds. The molecule has 6 nitrogen and oxygen atoms in total. The Morgan fingerprint density at radius 3 is 2.15 bits per heavy atom. The van der Waals surface area contributed by atoms with Crippen molar-refractivity contribution in [3.05, 3.63) is 0 Å². The topological polar surface area (TPSA) is 104 Å². The van der Waals surface area contributed by atoms with Crippen LogP contribution in [0.3, 0.4) is 0 Å². The number of hydrogen-bond acceptors (Lipinski definition) is 3. The molecule has 0 radical (unpaired) electrons. The second-order valence-corrected chi connectivity index (χ2v) is 2.41. The Kier molecular flexibility index (Phi) is 4.50. The van der Waals surface area contributed by atoms with Crippen LogP contribution in [-0.2, 0) is 14.4 Å². The van der Waals surface area contributed by atoms with Crippen molar-refractivity contribution in [1.82, 2.24) is 5.32 Å². The van der Waals surface area contributed by atoms with Crippen LogP contribution in [0.2, 0.25) is 0 Å². The molecule has 0 aliphatic rings. The molecule has 0 aromatic carbocycles. The monoisotopic (exact) mass is 189 g/mol. The number of aliphatic carboxylic acids is 2. The van der Waals surface area contributed by atoms with Gasteiger partial charge in [-0.15, -0.1) is 0 Å².